The van der Waals surface area contributed by atoms with Crippen molar-refractivity contribution < 1.29 is 23.1 Å². The van der Waals surface area contributed by atoms with Crippen LogP contribution in [0.25, 0.3) is 0 Å². The number of nitrogens with one attached hydrogen (secondary N) is 1. The summed E-state index contributed by atoms with van der Waals surface area (Å²) >= 11 is 0. The van der Waals surface area contributed by atoms with Crippen molar-refractivity contribution in [1.82, 2.24) is 9.78 Å². The Balaban J connectivity index is 2.30. The van der Waals surface area contributed by atoms with Crippen LogP contribution in [0.2, 0.25) is 0 Å². The van der Waals surface area contributed by atoms with E-state index >= 15 is 0 Å². The van der Waals surface area contributed by atoms with E-state index in [4.69, 9.17) is 0 Å². The second-order valence-electron chi connectivity index (χ2n) is 6.31. The van der Waals surface area contributed by atoms with Crippen molar-refractivity contribution in [2.75, 3.05) is 11.1 Å². The standard InChI is InChI=1S/C17H21N3O5S/c1-4-9-26(24,25)14-8-6-5-7-13(14)15(21)19-12-10-18-20(11-12)17(2,3)16(22)23/h5-8,10-11H,4,9H2,1-3H3,(H,19,21)(H,22,23). The summed E-state index contributed by atoms with van der Waals surface area (Å²) < 4.78 is 25.9. The van der Waals surface area contributed by atoms with Gasteiger partial charge in [0.05, 0.1) is 28.1 Å². The van der Waals surface area contributed by atoms with E-state index in [1.807, 2.05) is 0 Å². The maximum absolute atomic E-state index is 12.5. The largest absolute Gasteiger partial charge is 0.479 e. The molecule has 1 amide bonds. The number of rotatable bonds is 7. The van der Waals surface area contributed by atoms with Gasteiger partial charge in [-0.1, -0.05) is 19.1 Å². The van der Waals surface area contributed by atoms with E-state index < -0.39 is 27.3 Å². The molecule has 0 radical (unpaired) electrons. The second kappa shape index (κ2) is 7.28. The number of hydrogen-bond acceptors (Lipinski definition) is 5. The van der Waals surface area contributed by atoms with Crippen LogP contribution in [0.15, 0.2) is 41.6 Å². The van der Waals surface area contributed by atoms with Crippen molar-refractivity contribution >= 4 is 27.4 Å². The molecule has 0 spiro atoms. The summed E-state index contributed by atoms with van der Waals surface area (Å²) in [6.07, 6.45) is 3.14. The molecule has 9 heteroatoms. The molecular weight excluding hydrogens is 358 g/mol. The maximum Gasteiger partial charge on any atom is 0.331 e. The lowest BCUT2D eigenvalue weighted by atomic mass is 10.1. The van der Waals surface area contributed by atoms with Gasteiger partial charge in [-0.05, 0) is 32.4 Å². The highest BCUT2D eigenvalue weighted by Gasteiger charge is 2.30. The van der Waals surface area contributed by atoms with Crippen molar-refractivity contribution in [2.24, 2.45) is 0 Å². The van der Waals surface area contributed by atoms with Crippen LogP contribution < -0.4 is 5.32 Å². The first kappa shape index (κ1) is 19.6. The van der Waals surface area contributed by atoms with Crippen LogP contribution in [0.4, 0.5) is 5.69 Å². The van der Waals surface area contributed by atoms with Crippen LogP contribution in [0, 0.1) is 0 Å². The van der Waals surface area contributed by atoms with E-state index in [1.54, 1.807) is 19.1 Å². The molecule has 0 saturated carbocycles. The second-order valence-corrected chi connectivity index (χ2v) is 8.38. The molecule has 2 N–H and O–H groups in total. The first-order valence-electron chi connectivity index (χ1n) is 8.01. The topological polar surface area (TPSA) is 118 Å². The number of hydrogen-bond donors (Lipinski definition) is 2. The lowest BCUT2D eigenvalue weighted by Crippen LogP contribution is -2.35. The van der Waals surface area contributed by atoms with Gasteiger partial charge in [-0.25, -0.2) is 13.2 Å². The van der Waals surface area contributed by atoms with Crippen LogP contribution >= 0.6 is 0 Å². The lowest BCUT2D eigenvalue weighted by Gasteiger charge is -2.19. The fraction of sp³-hybridized carbons (Fsp3) is 0.353. The predicted octanol–water partition coefficient (Wildman–Crippen LogP) is 2.14. The smallest absolute Gasteiger partial charge is 0.331 e. The number of carbonyl (C=O) groups is 2. The van der Waals surface area contributed by atoms with Crippen LogP contribution in [0.5, 0.6) is 0 Å². The average molecular weight is 379 g/mol. The third-order valence-electron chi connectivity index (χ3n) is 3.88. The number of carboxylic acid groups (broad SMARTS) is 1. The number of nitrogens with zero attached hydrogens (tertiary/aromatic N) is 2. The van der Waals surface area contributed by atoms with Gasteiger partial charge in [0, 0.05) is 6.20 Å². The monoisotopic (exact) mass is 379 g/mol. The van der Waals surface area contributed by atoms with Gasteiger partial charge in [-0.3, -0.25) is 9.48 Å². The normalized spacial score (nSPS) is 12.0. The number of aromatic nitrogens is 2. The zero-order chi connectivity index (χ0) is 19.5. The minimum Gasteiger partial charge on any atom is -0.479 e. The van der Waals surface area contributed by atoms with Gasteiger partial charge in [0.25, 0.3) is 5.91 Å². The van der Waals surface area contributed by atoms with Gasteiger partial charge in [0.15, 0.2) is 15.4 Å². The number of carbonyl (C=O) groups excluding carboxylic acids is 1. The van der Waals surface area contributed by atoms with Crippen molar-refractivity contribution in [3.63, 3.8) is 0 Å². The maximum atomic E-state index is 12.5. The third kappa shape index (κ3) is 3.93. The Kier molecular flexibility index (Phi) is 5.50. The summed E-state index contributed by atoms with van der Waals surface area (Å²) in [6.45, 7) is 4.69. The Morgan fingerprint density at radius 2 is 1.92 bits per heavy atom. The van der Waals surface area contributed by atoms with E-state index in [-0.39, 0.29) is 21.9 Å². The molecule has 8 nitrogen and oxygen atoms in total. The van der Waals surface area contributed by atoms with Gasteiger partial charge < -0.3 is 10.4 Å². The summed E-state index contributed by atoms with van der Waals surface area (Å²) in [7, 11) is -3.57. The van der Waals surface area contributed by atoms with Crippen molar-refractivity contribution in [3.8, 4) is 0 Å². The van der Waals surface area contributed by atoms with E-state index in [9.17, 15) is 23.1 Å². The van der Waals surface area contributed by atoms with Crippen LogP contribution in [-0.2, 0) is 20.2 Å². The Labute approximate surface area is 151 Å². The van der Waals surface area contributed by atoms with Crippen molar-refractivity contribution in [1.29, 1.82) is 0 Å². The Hall–Kier alpha value is -2.68. The first-order valence-corrected chi connectivity index (χ1v) is 9.66. The number of carboxylic acids is 1. The zero-order valence-corrected chi connectivity index (χ0v) is 15.6. The predicted molar refractivity (Wildman–Crippen MR) is 95.9 cm³/mol. The van der Waals surface area contributed by atoms with Gasteiger partial charge >= 0.3 is 5.97 Å². The molecule has 26 heavy (non-hydrogen) atoms. The fourth-order valence-corrected chi connectivity index (χ4v) is 3.83. The number of sulfone groups is 1. The van der Waals surface area contributed by atoms with Gasteiger partial charge in [-0.2, -0.15) is 5.10 Å². The third-order valence-corrected chi connectivity index (χ3v) is 5.85. The molecule has 1 heterocycles. The molecule has 2 aromatic rings. The highest BCUT2D eigenvalue weighted by Crippen LogP contribution is 2.21. The highest BCUT2D eigenvalue weighted by molar-refractivity contribution is 7.91. The Morgan fingerprint density at radius 3 is 2.54 bits per heavy atom. The molecule has 0 bridgehead atoms. The quantitative estimate of drug-likeness (QED) is 0.761. The molecule has 0 unspecified atom stereocenters. The highest BCUT2D eigenvalue weighted by atomic mass is 32.2. The van der Waals surface area contributed by atoms with Crippen LogP contribution in [0.1, 0.15) is 37.6 Å². The minimum atomic E-state index is -3.57. The SMILES string of the molecule is CCCS(=O)(=O)c1ccccc1C(=O)Nc1cnn(C(C)(C)C(=O)O)c1. The molecule has 0 aliphatic rings. The number of anilines is 1. The molecule has 140 valence electrons. The lowest BCUT2D eigenvalue weighted by molar-refractivity contribution is -0.146. The fourth-order valence-electron chi connectivity index (χ4n) is 2.29. The van der Waals surface area contributed by atoms with Crippen LogP contribution in [0.3, 0.4) is 0 Å². The van der Waals surface area contributed by atoms with E-state index in [1.165, 1.54) is 43.1 Å². The molecule has 0 aliphatic carbocycles. The molecule has 0 aliphatic heterocycles. The van der Waals surface area contributed by atoms with Gasteiger partial charge in [0.1, 0.15) is 0 Å². The summed E-state index contributed by atoms with van der Waals surface area (Å²) in [5.74, 6) is -1.73. The molecule has 1 aromatic carbocycles. The number of benzene rings is 1. The van der Waals surface area contributed by atoms with Gasteiger partial charge in [0.2, 0.25) is 0 Å². The molecule has 0 saturated heterocycles. The van der Waals surface area contributed by atoms with E-state index in [0.717, 1.165) is 0 Å². The number of aliphatic carboxylic acids is 1. The molecule has 0 atom stereocenters. The first-order chi connectivity index (χ1) is 12.1. The summed E-state index contributed by atoms with van der Waals surface area (Å²) in [6, 6.07) is 5.98. The molecular formula is C17H21N3O5S. The number of amides is 1. The average Bonchev–Trinajstić information content (AvgIpc) is 3.04. The van der Waals surface area contributed by atoms with Gasteiger partial charge in [-0.15, -0.1) is 0 Å². The van der Waals surface area contributed by atoms with Crippen molar-refractivity contribution in [2.45, 2.75) is 37.6 Å². The molecule has 2 rings (SSSR count). The van der Waals surface area contributed by atoms with Crippen LogP contribution in [-0.4, -0.2) is 40.9 Å². The van der Waals surface area contributed by atoms with Crippen molar-refractivity contribution in [3.05, 3.63) is 42.2 Å². The Bertz CT molecular complexity index is 931. The van der Waals surface area contributed by atoms with E-state index in [0.29, 0.717) is 6.42 Å². The Morgan fingerprint density at radius 1 is 1.27 bits per heavy atom. The molecule has 1 aromatic heterocycles. The molecule has 0 fully saturated rings. The summed E-state index contributed by atoms with van der Waals surface area (Å²) in [4.78, 5) is 23.8. The summed E-state index contributed by atoms with van der Waals surface area (Å²) in [5, 5.41) is 15.7. The minimum absolute atomic E-state index is 0.0300. The zero-order valence-electron chi connectivity index (χ0n) is 14.8. The van der Waals surface area contributed by atoms with E-state index in [2.05, 4.69) is 10.4 Å². The summed E-state index contributed by atoms with van der Waals surface area (Å²) in [5.41, 5.74) is -0.982.